The summed E-state index contributed by atoms with van der Waals surface area (Å²) in [5.74, 6) is 0.445. The van der Waals surface area contributed by atoms with Crippen LogP contribution in [0, 0.1) is 5.92 Å². The van der Waals surface area contributed by atoms with Crippen LogP contribution in [-0.2, 0) is 14.8 Å². The first kappa shape index (κ1) is 20.2. The summed E-state index contributed by atoms with van der Waals surface area (Å²) in [6, 6.07) is 13.4. The molecule has 0 aliphatic carbocycles. The average molecular weight is 404 g/mol. The number of hydrogen-bond donors (Lipinski definition) is 1. The molecule has 28 heavy (non-hydrogen) atoms. The highest BCUT2D eigenvalue weighted by atomic mass is 32.2. The molecule has 0 aromatic heterocycles. The minimum Gasteiger partial charge on any atom is -0.497 e. The monoisotopic (exact) mass is 404 g/mol. The number of carbonyl (C=O) groups excluding carboxylic acids is 1. The molecule has 1 aliphatic heterocycles. The Bertz CT molecular complexity index is 931. The van der Waals surface area contributed by atoms with Crippen molar-refractivity contribution >= 4 is 21.6 Å². The van der Waals surface area contributed by atoms with Crippen molar-refractivity contribution in [3.8, 4) is 11.5 Å². The van der Waals surface area contributed by atoms with E-state index in [2.05, 4.69) is 5.32 Å². The number of amides is 1. The lowest BCUT2D eigenvalue weighted by atomic mass is 9.98. The van der Waals surface area contributed by atoms with E-state index in [9.17, 15) is 13.2 Å². The van der Waals surface area contributed by atoms with Gasteiger partial charge in [-0.2, -0.15) is 4.31 Å². The summed E-state index contributed by atoms with van der Waals surface area (Å²) in [5.41, 5.74) is 0.524. The maximum Gasteiger partial charge on any atom is 0.243 e. The van der Waals surface area contributed by atoms with Crippen LogP contribution in [0.3, 0.4) is 0 Å². The van der Waals surface area contributed by atoms with Crippen molar-refractivity contribution in [3.63, 3.8) is 0 Å². The van der Waals surface area contributed by atoms with Crippen LogP contribution in [0.5, 0.6) is 11.5 Å². The maximum atomic E-state index is 12.8. The number of sulfonamides is 1. The van der Waals surface area contributed by atoms with Gasteiger partial charge >= 0.3 is 0 Å². The number of rotatable bonds is 6. The van der Waals surface area contributed by atoms with Crippen LogP contribution in [0.25, 0.3) is 0 Å². The fourth-order valence-corrected chi connectivity index (χ4v) is 4.80. The molecule has 0 bridgehead atoms. The number of nitrogens with one attached hydrogen (secondary N) is 1. The van der Waals surface area contributed by atoms with Crippen molar-refractivity contribution in [3.05, 3.63) is 48.5 Å². The van der Waals surface area contributed by atoms with Gasteiger partial charge in [-0.1, -0.05) is 18.2 Å². The number of hydrogen-bond acceptors (Lipinski definition) is 5. The van der Waals surface area contributed by atoms with Gasteiger partial charge in [0, 0.05) is 19.2 Å². The number of carbonyl (C=O) groups is 1. The third-order valence-electron chi connectivity index (χ3n) is 4.80. The second kappa shape index (κ2) is 8.62. The molecule has 1 heterocycles. The summed E-state index contributed by atoms with van der Waals surface area (Å²) < 4.78 is 37.5. The Hall–Kier alpha value is -2.58. The molecule has 1 aliphatic rings. The molecule has 2 aromatic rings. The van der Waals surface area contributed by atoms with E-state index in [0.29, 0.717) is 36.6 Å². The van der Waals surface area contributed by atoms with E-state index in [-0.39, 0.29) is 17.3 Å². The lowest BCUT2D eigenvalue weighted by molar-refractivity contribution is -0.120. The normalized spacial score (nSPS) is 17.7. The molecule has 0 unspecified atom stereocenters. The molecule has 0 saturated carbocycles. The highest BCUT2D eigenvalue weighted by Gasteiger charge is 2.33. The number of ether oxygens (including phenoxy) is 2. The van der Waals surface area contributed by atoms with E-state index in [4.69, 9.17) is 9.47 Å². The topological polar surface area (TPSA) is 84.9 Å². The highest BCUT2D eigenvalue weighted by molar-refractivity contribution is 7.89. The van der Waals surface area contributed by atoms with Gasteiger partial charge in [0.1, 0.15) is 11.5 Å². The second-order valence-corrected chi connectivity index (χ2v) is 8.51. The van der Waals surface area contributed by atoms with Crippen LogP contribution in [0.2, 0.25) is 0 Å². The number of benzene rings is 2. The predicted octanol–water partition coefficient (Wildman–Crippen LogP) is 2.74. The molecule has 8 heteroatoms. The summed E-state index contributed by atoms with van der Waals surface area (Å²) in [5, 5.41) is 2.85. The Morgan fingerprint density at radius 1 is 1.11 bits per heavy atom. The SMILES string of the molecule is COc1ccc(NC(=O)[C@H]2CCCN(S(=O)(=O)c3ccccc3)C2)c(OC)c1. The van der Waals surface area contributed by atoms with Gasteiger partial charge in [-0.05, 0) is 37.1 Å². The lowest BCUT2D eigenvalue weighted by Gasteiger charge is -2.31. The van der Waals surface area contributed by atoms with Crippen LogP contribution in [0.4, 0.5) is 5.69 Å². The van der Waals surface area contributed by atoms with Crippen molar-refractivity contribution in [2.24, 2.45) is 5.92 Å². The van der Waals surface area contributed by atoms with Gasteiger partial charge in [0.25, 0.3) is 0 Å². The van der Waals surface area contributed by atoms with E-state index < -0.39 is 15.9 Å². The van der Waals surface area contributed by atoms with Crippen LogP contribution in [-0.4, -0.2) is 45.9 Å². The third-order valence-corrected chi connectivity index (χ3v) is 6.68. The second-order valence-electron chi connectivity index (χ2n) is 6.57. The van der Waals surface area contributed by atoms with E-state index in [0.717, 1.165) is 0 Å². The van der Waals surface area contributed by atoms with Gasteiger partial charge in [-0.15, -0.1) is 0 Å². The number of methoxy groups -OCH3 is 2. The van der Waals surface area contributed by atoms with Gasteiger partial charge < -0.3 is 14.8 Å². The highest BCUT2D eigenvalue weighted by Crippen LogP contribution is 2.30. The molecule has 3 rings (SSSR count). The quantitative estimate of drug-likeness (QED) is 0.800. The van der Waals surface area contributed by atoms with Crippen molar-refractivity contribution in [1.82, 2.24) is 4.31 Å². The lowest BCUT2D eigenvalue weighted by Crippen LogP contribution is -2.43. The molecule has 0 spiro atoms. The van der Waals surface area contributed by atoms with Crippen molar-refractivity contribution in [1.29, 1.82) is 0 Å². The van der Waals surface area contributed by atoms with Gasteiger partial charge in [-0.3, -0.25) is 4.79 Å². The van der Waals surface area contributed by atoms with Crippen LogP contribution < -0.4 is 14.8 Å². The minimum absolute atomic E-state index is 0.154. The molecular formula is C20H24N2O5S. The van der Waals surface area contributed by atoms with Gasteiger partial charge in [0.15, 0.2) is 0 Å². The van der Waals surface area contributed by atoms with Crippen LogP contribution >= 0.6 is 0 Å². The number of piperidine rings is 1. The molecule has 1 saturated heterocycles. The first-order chi connectivity index (χ1) is 13.5. The summed E-state index contributed by atoms with van der Waals surface area (Å²) in [6.45, 7) is 0.564. The van der Waals surface area contributed by atoms with Gasteiger partial charge in [-0.25, -0.2) is 8.42 Å². The molecule has 1 N–H and O–H groups in total. The predicted molar refractivity (Wildman–Crippen MR) is 106 cm³/mol. The zero-order valence-corrected chi connectivity index (χ0v) is 16.7. The molecule has 1 atom stereocenters. The van der Waals surface area contributed by atoms with E-state index >= 15 is 0 Å². The Balaban J connectivity index is 1.73. The number of anilines is 1. The summed E-state index contributed by atoms with van der Waals surface area (Å²) in [7, 11) is -0.546. The van der Waals surface area contributed by atoms with Gasteiger partial charge in [0.2, 0.25) is 15.9 Å². The zero-order chi connectivity index (χ0) is 20.1. The summed E-state index contributed by atoms with van der Waals surface area (Å²) in [6.07, 6.45) is 1.26. The first-order valence-corrected chi connectivity index (χ1v) is 10.5. The van der Waals surface area contributed by atoms with Crippen molar-refractivity contribution in [2.45, 2.75) is 17.7 Å². The Morgan fingerprint density at radius 3 is 2.54 bits per heavy atom. The number of nitrogens with zero attached hydrogens (tertiary/aromatic N) is 1. The molecule has 7 nitrogen and oxygen atoms in total. The standard InChI is InChI=1S/C20H24N2O5S/c1-26-16-10-11-18(19(13-16)27-2)21-20(23)15-7-6-12-22(14-15)28(24,25)17-8-4-3-5-9-17/h3-5,8-11,13,15H,6-7,12,14H2,1-2H3,(H,21,23)/t15-/m0/s1. The third kappa shape index (κ3) is 4.28. The summed E-state index contributed by atoms with van der Waals surface area (Å²) in [4.78, 5) is 13.0. The molecule has 1 amide bonds. The minimum atomic E-state index is -3.61. The Morgan fingerprint density at radius 2 is 1.86 bits per heavy atom. The Labute approximate surface area is 165 Å². The largest absolute Gasteiger partial charge is 0.497 e. The van der Waals surface area contributed by atoms with E-state index in [1.807, 2.05) is 0 Å². The Kier molecular flexibility index (Phi) is 6.21. The molecule has 0 radical (unpaired) electrons. The van der Waals surface area contributed by atoms with Crippen LogP contribution in [0.1, 0.15) is 12.8 Å². The molecule has 2 aromatic carbocycles. The zero-order valence-electron chi connectivity index (χ0n) is 15.9. The molecule has 150 valence electrons. The summed E-state index contributed by atoms with van der Waals surface area (Å²) >= 11 is 0. The fourth-order valence-electron chi connectivity index (χ4n) is 3.25. The van der Waals surface area contributed by atoms with Crippen LogP contribution in [0.15, 0.2) is 53.4 Å². The maximum absolute atomic E-state index is 12.8. The smallest absolute Gasteiger partial charge is 0.243 e. The molecule has 1 fully saturated rings. The van der Waals surface area contributed by atoms with Gasteiger partial charge in [0.05, 0.1) is 30.7 Å². The molecular weight excluding hydrogens is 380 g/mol. The average Bonchev–Trinajstić information content (AvgIpc) is 2.74. The first-order valence-electron chi connectivity index (χ1n) is 9.04. The van der Waals surface area contributed by atoms with Crippen molar-refractivity contribution in [2.75, 3.05) is 32.6 Å². The van der Waals surface area contributed by atoms with Crippen molar-refractivity contribution < 1.29 is 22.7 Å². The van der Waals surface area contributed by atoms with E-state index in [1.54, 1.807) is 55.6 Å². The van der Waals surface area contributed by atoms with E-state index in [1.165, 1.54) is 11.4 Å². The fraction of sp³-hybridized carbons (Fsp3) is 0.350.